The summed E-state index contributed by atoms with van der Waals surface area (Å²) < 4.78 is 32.3. The number of nitrogens with one attached hydrogen (secondary N) is 2. The lowest BCUT2D eigenvalue weighted by Crippen LogP contribution is -2.39. The highest BCUT2D eigenvalue weighted by Crippen LogP contribution is 2.25. The van der Waals surface area contributed by atoms with Gasteiger partial charge in [-0.15, -0.1) is 26.3 Å². The van der Waals surface area contributed by atoms with Crippen molar-refractivity contribution in [3.8, 4) is 0 Å². The molecule has 0 bridgehead atoms. The molecule has 0 fully saturated rings. The fourth-order valence-electron chi connectivity index (χ4n) is 3.41. The zero-order chi connectivity index (χ0) is 34.2. The zero-order valence-corrected chi connectivity index (χ0v) is 28.3. The van der Waals surface area contributed by atoms with Gasteiger partial charge in [0.05, 0.1) is 63.7 Å². The van der Waals surface area contributed by atoms with Gasteiger partial charge in [-0.2, -0.15) is 0 Å². The Morgan fingerprint density at radius 2 is 0.933 bits per heavy atom. The molecular formula is C35H58N2O8. The van der Waals surface area contributed by atoms with Crippen molar-refractivity contribution in [2.45, 2.75) is 33.6 Å². The molecule has 0 aliphatic carbocycles. The first-order valence-corrected chi connectivity index (χ1v) is 15.1. The van der Waals surface area contributed by atoms with Crippen LogP contribution in [-0.4, -0.2) is 92.4 Å². The van der Waals surface area contributed by atoms with Crippen molar-refractivity contribution >= 4 is 12.2 Å². The fraction of sp³-hybridized carbons (Fsp3) is 0.543. The quantitative estimate of drug-likeness (QED) is 0.113. The van der Waals surface area contributed by atoms with Crippen molar-refractivity contribution < 1.29 is 38.0 Å². The molecule has 0 aromatic heterocycles. The average Bonchev–Trinajstić information content (AvgIpc) is 3.06. The van der Waals surface area contributed by atoms with E-state index in [1.54, 1.807) is 24.3 Å². The van der Waals surface area contributed by atoms with Crippen LogP contribution in [0.5, 0.6) is 0 Å². The van der Waals surface area contributed by atoms with E-state index in [0.717, 1.165) is 12.8 Å². The van der Waals surface area contributed by atoms with E-state index in [4.69, 9.17) is 28.4 Å². The van der Waals surface area contributed by atoms with E-state index in [2.05, 4.69) is 56.0 Å². The van der Waals surface area contributed by atoms with Gasteiger partial charge in [-0.05, 0) is 19.8 Å². The molecule has 2 amide bonds. The Morgan fingerprint density at radius 3 is 1.13 bits per heavy atom. The van der Waals surface area contributed by atoms with Gasteiger partial charge in [0.2, 0.25) is 0 Å². The lowest BCUT2D eigenvalue weighted by Gasteiger charge is -2.31. The van der Waals surface area contributed by atoms with Crippen molar-refractivity contribution in [2.75, 3.05) is 80.2 Å². The lowest BCUT2D eigenvalue weighted by molar-refractivity contribution is -0.0460. The number of amides is 2. The number of hydrogen-bond acceptors (Lipinski definition) is 8. The second-order valence-electron chi connectivity index (χ2n) is 10.2. The molecule has 256 valence electrons. The Morgan fingerprint density at radius 1 is 0.622 bits per heavy atom. The smallest absolute Gasteiger partial charge is 0.406 e. The van der Waals surface area contributed by atoms with Gasteiger partial charge >= 0.3 is 12.2 Å². The molecule has 1 aromatic rings. The van der Waals surface area contributed by atoms with Crippen LogP contribution in [0.3, 0.4) is 0 Å². The predicted octanol–water partition coefficient (Wildman–Crippen LogP) is 6.28. The molecule has 1 rings (SSSR count). The second kappa shape index (κ2) is 29.3. The highest BCUT2D eigenvalue weighted by atomic mass is 16.6. The average molecular weight is 635 g/mol. The van der Waals surface area contributed by atoms with E-state index in [1.807, 2.05) is 32.0 Å². The fourth-order valence-corrected chi connectivity index (χ4v) is 3.41. The maximum Gasteiger partial charge on any atom is 0.406 e. The van der Waals surface area contributed by atoms with E-state index >= 15 is 0 Å². The summed E-state index contributed by atoms with van der Waals surface area (Å²) in [5.41, 5.74) is 0.624. The number of carbonyl (C=O) groups excluding carboxylic acids is 2. The number of hydrogen-bond donors (Lipinski definition) is 2. The van der Waals surface area contributed by atoms with E-state index in [1.165, 1.54) is 19.7 Å². The van der Waals surface area contributed by atoms with Crippen LogP contribution >= 0.6 is 0 Å². The molecule has 0 heterocycles. The van der Waals surface area contributed by atoms with Crippen LogP contribution in [0.2, 0.25) is 0 Å². The molecule has 0 unspecified atom stereocenters. The Bertz CT molecular complexity index is 839. The third-order valence-electron chi connectivity index (χ3n) is 6.44. The summed E-state index contributed by atoms with van der Waals surface area (Å²) >= 11 is 0. The van der Waals surface area contributed by atoms with Gasteiger partial charge in [0.15, 0.2) is 0 Å². The molecule has 0 radical (unpaired) electrons. The number of alkyl carbamates (subject to hydrolysis) is 2. The largest absolute Gasteiger partial charge is 0.449 e. The summed E-state index contributed by atoms with van der Waals surface area (Å²) in [7, 11) is 3.05. The number of rotatable bonds is 22. The van der Waals surface area contributed by atoms with Crippen molar-refractivity contribution in [1.82, 2.24) is 10.6 Å². The second-order valence-corrected chi connectivity index (χ2v) is 10.2. The molecule has 0 atom stereocenters. The van der Waals surface area contributed by atoms with Gasteiger partial charge in [-0.3, -0.25) is 0 Å². The van der Waals surface area contributed by atoms with Crippen LogP contribution in [0, 0.1) is 17.8 Å². The molecule has 2 N–H and O–H groups in total. The normalized spacial score (nSPS) is 10.5. The standard InChI is InChI=1S/2C14H25NO4.C7H8/c2*1-5-8-17-10-14(7-3,11-18-9-6-2)12-19-13(16)15-4;1-7-5-3-2-4-6-7/h2*5-6H,1-2,7-12H2,3-4H3,(H,15,16);2-6H,1H3. The molecule has 0 saturated carbocycles. The van der Waals surface area contributed by atoms with Gasteiger partial charge in [-0.1, -0.05) is 74.0 Å². The van der Waals surface area contributed by atoms with E-state index in [9.17, 15) is 9.59 Å². The number of ether oxygens (including phenoxy) is 6. The molecule has 0 aliphatic rings. The molecule has 0 aliphatic heterocycles. The minimum absolute atomic E-state index is 0.247. The molecule has 10 nitrogen and oxygen atoms in total. The Kier molecular flexibility index (Phi) is 28.4. The summed E-state index contributed by atoms with van der Waals surface area (Å²) in [6.45, 7) is 24.7. The minimum Gasteiger partial charge on any atom is -0.449 e. The van der Waals surface area contributed by atoms with Crippen LogP contribution in [-0.2, 0) is 28.4 Å². The molecule has 45 heavy (non-hydrogen) atoms. The van der Waals surface area contributed by atoms with Crippen LogP contribution in [0.15, 0.2) is 81.0 Å². The zero-order valence-electron chi connectivity index (χ0n) is 28.3. The molecule has 0 spiro atoms. The van der Waals surface area contributed by atoms with Crippen LogP contribution in [0.25, 0.3) is 0 Å². The summed E-state index contributed by atoms with van der Waals surface area (Å²) in [6, 6.07) is 10.3. The maximum absolute atomic E-state index is 11.2. The maximum atomic E-state index is 11.2. The molecular weight excluding hydrogens is 576 g/mol. The lowest BCUT2D eigenvalue weighted by atomic mass is 9.88. The van der Waals surface area contributed by atoms with Crippen LogP contribution < -0.4 is 10.6 Å². The van der Waals surface area contributed by atoms with Crippen molar-refractivity contribution in [1.29, 1.82) is 0 Å². The van der Waals surface area contributed by atoms with E-state index < -0.39 is 12.2 Å². The van der Waals surface area contributed by atoms with Gasteiger partial charge < -0.3 is 39.1 Å². The predicted molar refractivity (Wildman–Crippen MR) is 182 cm³/mol. The first kappa shape index (κ1) is 43.7. The highest BCUT2D eigenvalue weighted by molar-refractivity contribution is 5.66. The van der Waals surface area contributed by atoms with E-state index in [0.29, 0.717) is 52.9 Å². The third-order valence-corrected chi connectivity index (χ3v) is 6.44. The first-order valence-electron chi connectivity index (χ1n) is 15.1. The SMILES string of the molecule is C=CCOCC(CC)(COCC=C)COC(=O)NC.C=CCOCC(CC)(COCC=C)COC(=O)NC.Cc1ccccc1. The summed E-state index contributed by atoms with van der Waals surface area (Å²) in [5.74, 6) is 0. The Balaban J connectivity index is 0. The topological polar surface area (TPSA) is 114 Å². The van der Waals surface area contributed by atoms with Crippen LogP contribution in [0.4, 0.5) is 9.59 Å². The molecule has 10 heteroatoms. The highest BCUT2D eigenvalue weighted by Gasteiger charge is 2.32. The van der Waals surface area contributed by atoms with E-state index in [-0.39, 0.29) is 24.0 Å². The van der Waals surface area contributed by atoms with Gasteiger partial charge in [0, 0.05) is 14.1 Å². The molecule has 0 saturated heterocycles. The number of aryl methyl sites for hydroxylation is 1. The van der Waals surface area contributed by atoms with Gasteiger partial charge in [0.25, 0.3) is 0 Å². The van der Waals surface area contributed by atoms with Crippen molar-refractivity contribution in [3.63, 3.8) is 0 Å². The monoisotopic (exact) mass is 634 g/mol. The minimum atomic E-state index is -0.453. The molecule has 1 aromatic carbocycles. The Labute approximate surface area is 271 Å². The van der Waals surface area contributed by atoms with Gasteiger partial charge in [-0.25, -0.2) is 9.59 Å². The van der Waals surface area contributed by atoms with Crippen molar-refractivity contribution in [3.05, 3.63) is 86.5 Å². The summed E-state index contributed by atoms with van der Waals surface area (Å²) in [4.78, 5) is 22.4. The van der Waals surface area contributed by atoms with Crippen LogP contribution in [0.1, 0.15) is 32.3 Å². The number of benzene rings is 1. The third kappa shape index (κ3) is 23.6. The summed E-state index contributed by atoms with van der Waals surface area (Å²) in [6.07, 6.45) is 7.39. The summed E-state index contributed by atoms with van der Waals surface area (Å²) in [5, 5.41) is 4.84. The van der Waals surface area contributed by atoms with Gasteiger partial charge in [0.1, 0.15) is 13.2 Å². The Hall–Kier alpha value is -3.44. The first-order chi connectivity index (χ1) is 21.7. The van der Waals surface area contributed by atoms with Crippen molar-refractivity contribution in [2.24, 2.45) is 10.8 Å². The number of carbonyl (C=O) groups is 2.